The highest BCUT2D eigenvalue weighted by molar-refractivity contribution is 5.95. The van der Waals surface area contributed by atoms with E-state index in [2.05, 4.69) is 20.8 Å². The van der Waals surface area contributed by atoms with Gasteiger partial charge in [-0.2, -0.15) is 0 Å². The minimum Gasteiger partial charge on any atom is -0.461 e. The van der Waals surface area contributed by atoms with Crippen LogP contribution in [-0.2, 0) is 22.7 Å². The van der Waals surface area contributed by atoms with Gasteiger partial charge in [0.15, 0.2) is 11.6 Å². The van der Waals surface area contributed by atoms with Crippen LogP contribution in [0.3, 0.4) is 0 Å². The Morgan fingerprint density at radius 2 is 1.40 bits per heavy atom. The number of nitro groups is 2. The summed E-state index contributed by atoms with van der Waals surface area (Å²) in [6.07, 6.45) is 8.51. The number of esters is 1. The highest BCUT2D eigenvalue weighted by atomic mass is 16.6. The maximum Gasteiger partial charge on any atom is 0.306 e. The molecule has 0 bridgehead atoms. The Labute approximate surface area is 322 Å². The first-order valence-electron chi connectivity index (χ1n) is 19.6. The lowest BCUT2D eigenvalue weighted by molar-refractivity contribution is -0.386. The summed E-state index contributed by atoms with van der Waals surface area (Å²) in [5.41, 5.74) is 0.924. The Balaban J connectivity index is 0.000000350. The van der Waals surface area contributed by atoms with Crippen LogP contribution in [0.4, 0.5) is 11.4 Å². The fraction of sp³-hybridized carbons (Fsp3) is 0.643. The number of ether oxygens (including phenoxy) is 1. The van der Waals surface area contributed by atoms with Crippen LogP contribution >= 0.6 is 0 Å². The van der Waals surface area contributed by atoms with Crippen LogP contribution in [0.25, 0.3) is 0 Å². The first-order valence-corrected chi connectivity index (χ1v) is 19.6. The molecule has 0 aliphatic heterocycles. The first kappa shape index (κ1) is 42.1. The van der Waals surface area contributed by atoms with Gasteiger partial charge in [-0.3, -0.25) is 34.6 Å². The molecule has 0 aromatic heterocycles. The molecular formula is C42H56N2O11. The number of carbonyl (C=O) groups is 3. The van der Waals surface area contributed by atoms with Crippen LogP contribution in [-0.4, -0.2) is 54.9 Å². The van der Waals surface area contributed by atoms with Crippen molar-refractivity contribution in [3.8, 4) is 0 Å². The van der Waals surface area contributed by atoms with E-state index in [0.717, 1.165) is 51.4 Å². The van der Waals surface area contributed by atoms with Gasteiger partial charge in [-0.1, -0.05) is 32.9 Å². The Morgan fingerprint density at radius 3 is 1.98 bits per heavy atom. The molecule has 4 unspecified atom stereocenters. The van der Waals surface area contributed by atoms with Gasteiger partial charge in [-0.15, -0.1) is 0 Å². The predicted octanol–water partition coefficient (Wildman–Crippen LogP) is 7.54. The van der Waals surface area contributed by atoms with Crippen LogP contribution in [0.1, 0.15) is 131 Å². The zero-order chi connectivity index (χ0) is 40.4. The van der Waals surface area contributed by atoms with Crippen molar-refractivity contribution in [3.63, 3.8) is 0 Å². The van der Waals surface area contributed by atoms with Crippen molar-refractivity contribution in [3.05, 3.63) is 78.9 Å². The summed E-state index contributed by atoms with van der Waals surface area (Å²) in [6.45, 7) is 9.18. The minimum absolute atomic E-state index is 0.141. The van der Waals surface area contributed by atoms with Gasteiger partial charge in [0.25, 0.3) is 11.4 Å². The average molecular weight is 765 g/mol. The van der Waals surface area contributed by atoms with Gasteiger partial charge in [-0.05, 0) is 130 Å². The van der Waals surface area contributed by atoms with Gasteiger partial charge in [0.2, 0.25) is 0 Å². The van der Waals surface area contributed by atoms with Gasteiger partial charge in [0, 0.05) is 29.7 Å². The van der Waals surface area contributed by atoms with Crippen molar-refractivity contribution < 1.29 is 44.3 Å². The molecule has 4 aliphatic carbocycles. The molecule has 10 atom stereocenters. The zero-order valence-electron chi connectivity index (χ0n) is 32.6. The molecule has 4 saturated carbocycles. The number of nitrogens with zero attached hydrogens (tertiary/aromatic N) is 2. The number of nitro benzene ring substituents is 2. The molecule has 0 heterocycles. The van der Waals surface area contributed by atoms with E-state index < -0.39 is 16.5 Å². The fourth-order valence-electron chi connectivity index (χ4n) is 11.1. The van der Waals surface area contributed by atoms with Gasteiger partial charge < -0.3 is 20.1 Å². The van der Waals surface area contributed by atoms with Gasteiger partial charge >= 0.3 is 5.97 Å². The number of carbonyl (C=O) groups excluding carboxylic acids is 3. The first-order chi connectivity index (χ1) is 25.9. The predicted molar refractivity (Wildman–Crippen MR) is 203 cm³/mol. The second-order valence-electron chi connectivity index (χ2n) is 17.1. The molecule has 6 rings (SSSR count). The molecule has 4 fully saturated rings. The molecule has 4 aliphatic rings. The highest BCUT2D eigenvalue weighted by Gasteiger charge is 2.62. The maximum atomic E-state index is 12.7. The van der Waals surface area contributed by atoms with Crippen LogP contribution in [0.5, 0.6) is 0 Å². The van der Waals surface area contributed by atoms with E-state index in [9.17, 15) is 44.8 Å². The number of benzene rings is 2. The molecule has 13 heteroatoms. The van der Waals surface area contributed by atoms with E-state index in [1.807, 2.05) is 0 Å². The summed E-state index contributed by atoms with van der Waals surface area (Å²) < 4.78 is 5.44. The van der Waals surface area contributed by atoms with E-state index in [4.69, 9.17) is 9.84 Å². The minimum atomic E-state index is -0.613. The number of fused-ring (bicyclic) bond motifs is 5. The molecule has 0 amide bonds. The molecule has 0 saturated heterocycles. The quantitative estimate of drug-likeness (QED) is 0.0881. The Kier molecular flexibility index (Phi) is 13.0. The van der Waals surface area contributed by atoms with E-state index >= 15 is 0 Å². The number of Topliss-reactive ketones (excluding diaryl/α,β-unsaturated/α-hetero) is 2. The second kappa shape index (κ2) is 17.0. The number of hydrogen-bond donors (Lipinski definition) is 3. The maximum absolute atomic E-state index is 12.7. The Morgan fingerprint density at radius 1 is 0.836 bits per heavy atom. The van der Waals surface area contributed by atoms with Gasteiger partial charge in [0.05, 0.1) is 39.8 Å². The zero-order valence-corrected chi connectivity index (χ0v) is 32.6. The summed E-state index contributed by atoms with van der Waals surface area (Å²) in [7, 11) is 0. The van der Waals surface area contributed by atoms with E-state index in [0.29, 0.717) is 41.9 Å². The highest BCUT2D eigenvalue weighted by Crippen LogP contribution is 2.68. The third kappa shape index (κ3) is 8.68. The second-order valence-corrected chi connectivity index (χ2v) is 17.1. The van der Waals surface area contributed by atoms with Crippen molar-refractivity contribution in [1.82, 2.24) is 0 Å². The number of rotatable bonds is 11. The number of hydrogen-bond acceptors (Lipinski definition) is 11. The van der Waals surface area contributed by atoms with Crippen molar-refractivity contribution in [2.75, 3.05) is 0 Å². The lowest BCUT2D eigenvalue weighted by Gasteiger charge is -2.62. The van der Waals surface area contributed by atoms with E-state index in [-0.39, 0.29) is 87.2 Å². The lowest BCUT2D eigenvalue weighted by atomic mass is 9.43. The van der Waals surface area contributed by atoms with Crippen LogP contribution in [0.2, 0.25) is 0 Å². The normalized spacial score (nSPS) is 31.4. The van der Waals surface area contributed by atoms with Crippen molar-refractivity contribution in [2.24, 2.45) is 46.3 Å². The van der Waals surface area contributed by atoms with Crippen LogP contribution < -0.4 is 0 Å². The Bertz CT molecular complexity index is 1800. The van der Waals surface area contributed by atoms with Crippen LogP contribution in [0, 0.1) is 66.6 Å². The lowest BCUT2D eigenvalue weighted by Crippen LogP contribution is -2.58. The topological polar surface area (TPSA) is 207 Å². The molecule has 55 heavy (non-hydrogen) atoms. The summed E-state index contributed by atoms with van der Waals surface area (Å²) in [5, 5.41) is 52.6. The monoisotopic (exact) mass is 764 g/mol. The van der Waals surface area contributed by atoms with Crippen molar-refractivity contribution >= 4 is 28.9 Å². The molecule has 2 aromatic carbocycles. The van der Waals surface area contributed by atoms with Crippen molar-refractivity contribution in [1.29, 1.82) is 0 Å². The number of ketones is 2. The molecule has 13 nitrogen and oxygen atoms in total. The summed E-state index contributed by atoms with van der Waals surface area (Å²) in [5.74, 6) is 1.66. The smallest absolute Gasteiger partial charge is 0.306 e. The van der Waals surface area contributed by atoms with Crippen LogP contribution in [0.15, 0.2) is 36.4 Å². The SMILES string of the molecule is CC(=O)c1ccc(CO)c([N+](=O)[O-])c1.CC(=O)c1ccc(COC(=O)CC[C@H](C)C2CCC3C4C(CC[C@@]32C)[C@@]2(C)CC[C@@H](O)C[C@H]2C[C@H]4O)c([N+](=O)[O-])c1. The fourth-order valence-corrected chi connectivity index (χ4v) is 11.1. The van der Waals surface area contributed by atoms with Crippen molar-refractivity contribution in [2.45, 2.75) is 124 Å². The van der Waals surface area contributed by atoms with E-state index in [1.165, 1.54) is 50.2 Å². The molecule has 300 valence electrons. The van der Waals surface area contributed by atoms with Gasteiger partial charge in [0.1, 0.15) is 6.61 Å². The third-order valence-electron chi connectivity index (χ3n) is 14.2. The molecule has 3 N–H and O–H groups in total. The molecule has 0 spiro atoms. The standard InChI is InChI=1S/C33H47NO7.C9H9NO4/c1-19(5-10-30(38)41-18-22-7-6-21(20(2)35)15-28(22)34(39)40)25-8-9-26-31-27(12-14-33(25,26)4)32(3)13-11-24(36)16-23(32)17-29(31)37;1-6(12)7-2-3-8(5-11)9(4-7)10(13)14/h6-7,15,19,23-27,29,31,36-37H,5,8-14,16-18H2,1-4H3;2-4,11H,5H2,1H3/t19-,23-,24+,25?,26?,27?,29+,31?,32-,33+;/m0./s1. The summed E-state index contributed by atoms with van der Waals surface area (Å²) >= 11 is 0. The number of aliphatic hydroxyl groups is 3. The molecule has 0 radical (unpaired) electrons. The van der Waals surface area contributed by atoms with Gasteiger partial charge in [-0.25, -0.2) is 0 Å². The molecule has 2 aromatic rings. The number of aliphatic hydroxyl groups excluding tert-OH is 3. The largest absolute Gasteiger partial charge is 0.461 e. The summed E-state index contributed by atoms with van der Waals surface area (Å²) in [4.78, 5) is 56.1. The Hall–Kier alpha value is -4.07. The average Bonchev–Trinajstić information content (AvgIpc) is 3.50. The summed E-state index contributed by atoms with van der Waals surface area (Å²) in [6, 6.07) is 8.26. The van der Waals surface area contributed by atoms with E-state index in [1.54, 1.807) is 0 Å². The third-order valence-corrected chi connectivity index (χ3v) is 14.2. The molecular weight excluding hydrogens is 708 g/mol.